The lowest BCUT2D eigenvalue weighted by atomic mass is 10.0. The number of likely N-dealkylation sites (tertiary alicyclic amines) is 1. The highest BCUT2D eigenvalue weighted by molar-refractivity contribution is 5.94. The maximum absolute atomic E-state index is 12.8. The van der Waals surface area contributed by atoms with Crippen molar-refractivity contribution >= 4 is 17.8 Å². The summed E-state index contributed by atoms with van der Waals surface area (Å²) in [6, 6.07) is 3.92. The molecule has 0 aliphatic carbocycles. The van der Waals surface area contributed by atoms with Gasteiger partial charge in [-0.1, -0.05) is 0 Å². The van der Waals surface area contributed by atoms with E-state index in [2.05, 4.69) is 15.2 Å². The normalized spacial score (nSPS) is 23.9. The molecule has 3 saturated heterocycles. The maximum atomic E-state index is 12.8. The van der Waals surface area contributed by atoms with Crippen LogP contribution in [0.15, 0.2) is 18.3 Å². The molecule has 1 atom stereocenters. The van der Waals surface area contributed by atoms with Crippen LogP contribution in [0.2, 0.25) is 0 Å². The molecule has 0 saturated carbocycles. The van der Waals surface area contributed by atoms with Crippen LogP contribution < -0.4 is 10.2 Å². The number of rotatable bonds is 3. The second kappa shape index (κ2) is 6.30. The van der Waals surface area contributed by atoms with Gasteiger partial charge in [0, 0.05) is 45.5 Å². The van der Waals surface area contributed by atoms with Crippen LogP contribution in [0.4, 0.5) is 10.6 Å². The van der Waals surface area contributed by atoms with E-state index in [0.717, 1.165) is 44.8 Å². The fraction of sp³-hybridized carbons (Fsp3) is 0.588. The summed E-state index contributed by atoms with van der Waals surface area (Å²) in [4.78, 5) is 35.0. The van der Waals surface area contributed by atoms with Crippen molar-refractivity contribution < 1.29 is 9.59 Å². The minimum Gasteiger partial charge on any atom is -0.356 e. The summed E-state index contributed by atoms with van der Waals surface area (Å²) in [6.45, 7) is 4.89. The quantitative estimate of drug-likeness (QED) is 0.895. The molecule has 0 bridgehead atoms. The van der Waals surface area contributed by atoms with E-state index in [1.807, 2.05) is 21.9 Å². The molecule has 3 aliphatic heterocycles. The van der Waals surface area contributed by atoms with E-state index in [-0.39, 0.29) is 18.0 Å². The van der Waals surface area contributed by atoms with Gasteiger partial charge in [0.1, 0.15) is 5.82 Å². The molecule has 7 nitrogen and oxygen atoms in total. The molecular formula is C17H23N5O2. The number of piperidine rings is 1. The first kappa shape index (κ1) is 15.2. The number of carbonyl (C=O) groups excluding carboxylic acids is 2. The first-order chi connectivity index (χ1) is 11.7. The van der Waals surface area contributed by atoms with Gasteiger partial charge in [0.25, 0.3) is 5.91 Å². The Labute approximate surface area is 141 Å². The fourth-order valence-electron chi connectivity index (χ4n) is 3.66. The monoisotopic (exact) mass is 329 g/mol. The van der Waals surface area contributed by atoms with Crippen molar-refractivity contribution in [1.82, 2.24) is 20.1 Å². The van der Waals surface area contributed by atoms with Crippen molar-refractivity contribution in [3.05, 3.63) is 23.9 Å². The number of aromatic nitrogens is 1. The minimum atomic E-state index is -0.00475. The maximum Gasteiger partial charge on any atom is 0.317 e. The lowest BCUT2D eigenvalue weighted by Gasteiger charge is -2.37. The molecule has 7 heteroatoms. The minimum absolute atomic E-state index is 0.00475. The molecule has 3 amide bonds. The molecule has 1 aromatic heterocycles. The van der Waals surface area contributed by atoms with Crippen molar-refractivity contribution in [1.29, 1.82) is 0 Å². The molecule has 0 radical (unpaired) electrons. The Morgan fingerprint density at radius 2 is 2.04 bits per heavy atom. The van der Waals surface area contributed by atoms with Crippen LogP contribution >= 0.6 is 0 Å². The van der Waals surface area contributed by atoms with Gasteiger partial charge < -0.3 is 20.0 Å². The van der Waals surface area contributed by atoms with Crippen LogP contribution in [0.5, 0.6) is 0 Å². The molecule has 3 aliphatic rings. The van der Waals surface area contributed by atoms with Crippen LogP contribution in [0.1, 0.15) is 29.6 Å². The third kappa shape index (κ3) is 2.79. The molecule has 1 unspecified atom stereocenters. The smallest absolute Gasteiger partial charge is 0.317 e. The predicted molar refractivity (Wildman–Crippen MR) is 90.1 cm³/mol. The van der Waals surface area contributed by atoms with Crippen LogP contribution in [0, 0.1) is 0 Å². The van der Waals surface area contributed by atoms with E-state index in [0.29, 0.717) is 18.7 Å². The van der Waals surface area contributed by atoms with Crippen molar-refractivity contribution in [2.45, 2.75) is 25.3 Å². The first-order valence-electron chi connectivity index (χ1n) is 8.77. The third-order valence-corrected chi connectivity index (χ3v) is 5.19. The molecule has 128 valence electrons. The first-order valence-corrected chi connectivity index (χ1v) is 8.77. The summed E-state index contributed by atoms with van der Waals surface area (Å²) in [7, 11) is 0. The highest BCUT2D eigenvalue weighted by atomic mass is 16.2. The average Bonchev–Trinajstić information content (AvgIpc) is 3.00. The zero-order valence-electron chi connectivity index (χ0n) is 13.8. The Morgan fingerprint density at radius 3 is 2.67 bits per heavy atom. The average molecular weight is 329 g/mol. The van der Waals surface area contributed by atoms with Crippen LogP contribution in [0.25, 0.3) is 0 Å². The molecule has 4 rings (SSSR count). The highest BCUT2D eigenvalue weighted by Crippen LogP contribution is 2.21. The van der Waals surface area contributed by atoms with Gasteiger partial charge in [-0.3, -0.25) is 4.79 Å². The number of nitrogens with one attached hydrogen (secondary N) is 1. The molecule has 0 spiro atoms. The lowest BCUT2D eigenvalue weighted by molar-refractivity contribution is 0.0634. The summed E-state index contributed by atoms with van der Waals surface area (Å²) >= 11 is 0. The van der Waals surface area contributed by atoms with E-state index in [9.17, 15) is 9.59 Å². The van der Waals surface area contributed by atoms with Gasteiger partial charge in [0.15, 0.2) is 0 Å². The van der Waals surface area contributed by atoms with Crippen molar-refractivity contribution in [3.63, 3.8) is 0 Å². The zero-order chi connectivity index (χ0) is 16.5. The number of carbonyl (C=O) groups is 2. The van der Waals surface area contributed by atoms with Crippen LogP contribution in [-0.4, -0.2) is 72.0 Å². The Balaban J connectivity index is 1.42. The number of amides is 3. The Morgan fingerprint density at radius 1 is 1.17 bits per heavy atom. The zero-order valence-corrected chi connectivity index (χ0v) is 13.8. The Hall–Kier alpha value is -2.31. The molecule has 1 aromatic rings. The van der Waals surface area contributed by atoms with Gasteiger partial charge in [-0.2, -0.15) is 0 Å². The topological polar surface area (TPSA) is 68.8 Å². The van der Waals surface area contributed by atoms with Gasteiger partial charge >= 0.3 is 6.03 Å². The molecule has 0 aromatic carbocycles. The molecular weight excluding hydrogens is 306 g/mol. The molecule has 24 heavy (non-hydrogen) atoms. The Bertz CT molecular complexity index is 628. The van der Waals surface area contributed by atoms with E-state index in [1.165, 1.54) is 6.42 Å². The third-order valence-electron chi connectivity index (χ3n) is 5.19. The van der Waals surface area contributed by atoms with Crippen molar-refractivity contribution in [2.24, 2.45) is 0 Å². The largest absolute Gasteiger partial charge is 0.356 e. The number of anilines is 1. The van der Waals surface area contributed by atoms with Gasteiger partial charge in [0.2, 0.25) is 0 Å². The van der Waals surface area contributed by atoms with E-state index in [1.54, 1.807) is 6.20 Å². The van der Waals surface area contributed by atoms with Crippen molar-refractivity contribution in [3.8, 4) is 0 Å². The summed E-state index contributed by atoms with van der Waals surface area (Å²) in [5.74, 6) is 0.963. The van der Waals surface area contributed by atoms with Gasteiger partial charge in [-0.15, -0.1) is 0 Å². The lowest BCUT2D eigenvalue weighted by Crippen LogP contribution is -2.50. The fourth-order valence-corrected chi connectivity index (χ4v) is 3.66. The van der Waals surface area contributed by atoms with Crippen molar-refractivity contribution in [2.75, 3.05) is 44.2 Å². The number of nitrogens with zero attached hydrogens (tertiary/aromatic N) is 4. The molecule has 3 fully saturated rings. The van der Waals surface area contributed by atoms with Crippen LogP contribution in [0.3, 0.4) is 0 Å². The van der Waals surface area contributed by atoms with E-state index in [4.69, 9.17) is 0 Å². The SMILES string of the molecule is O=C(c1ccc(N2CCC2)nc1)N1CCCC(N2CCNC2=O)C1. The van der Waals surface area contributed by atoms with E-state index < -0.39 is 0 Å². The van der Waals surface area contributed by atoms with E-state index >= 15 is 0 Å². The number of hydrogen-bond acceptors (Lipinski definition) is 4. The van der Waals surface area contributed by atoms with Gasteiger partial charge in [-0.25, -0.2) is 9.78 Å². The molecule has 1 N–H and O–H groups in total. The van der Waals surface area contributed by atoms with Gasteiger partial charge in [0.05, 0.1) is 11.6 Å². The Kier molecular flexibility index (Phi) is 4.00. The second-order valence-electron chi connectivity index (χ2n) is 6.72. The number of urea groups is 1. The standard InChI is InChI=1S/C17H23N5O2/c23-16(13-4-5-15(19-11-13)20-8-2-9-20)21-7-1-3-14(12-21)22-10-6-18-17(22)24/h4-5,11,14H,1-3,6-10,12H2,(H,18,24). The highest BCUT2D eigenvalue weighted by Gasteiger charge is 2.33. The molecule has 4 heterocycles. The van der Waals surface area contributed by atoms with Gasteiger partial charge in [-0.05, 0) is 31.4 Å². The summed E-state index contributed by atoms with van der Waals surface area (Å²) in [5.41, 5.74) is 0.630. The number of pyridine rings is 1. The predicted octanol–water partition coefficient (Wildman–Crippen LogP) is 0.921. The summed E-state index contributed by atoms with van der Waals surface area (Å²) in [5, 5.41) is 2.84. The number of hydrogen-bond donors (Lipinski definition) is 1. The summed E-state index contributed by atoms with van der Waals surface area (Å²) < 4.78 is 0. The summed E-state index contributed by atoms with van der Waals surface area (Å²) in [6.07, 6.45) is 4.78. The second-order valence-corrected chi connectivity index (χ2v) is 6.72. The van der Waals surface area contributed by atoms with Crippen LogP contribution in [-0.2, 0) is 0 Å².